The first-order valence-electron chi connectivity index (χ1n) is 7.23. The predicted molar refractivity (Wildman–Crippen MR) is 75.8 cm³/mol. The molecule has 0 bridgehead atoms. The Kier molecular flexibility index (Phi) is 14.0. The molecule has 0 aromatic carbocycles. The smallest absolute Gasteiger partial charge is 0.0348 e. The Morgan fingerprint density at radius 1 is 0.625 bits per heavy atom. The Hall–Kier alpha value is -0.520. The third-order valence-electron chi connectivity index (χ3n) is 2.84. The van der Waals surface area contributed by atoms with Gasteiger partial charge in [-0.2, -0.15) is 0 Å². The van der Waals surface area contributed by atoms with Crippen molar-refractivity contribution in [2.75, 3.05) is 0 Å². The van der Waals surface area contributed by atoms with Crippen LogP contribution in [0.15, 0.2) is 24.3 Å². The van der Waals surface area contributed by atoms with Crippen LogP contribution in [0.25, 0.3) is 0 Å². The number of hydrogen-bond donors (Lipinski definition) is 0. The molecule has 0 radical (unpaired) electrons. The second-order valence-corrected chi connectivity index (χ2v) is 4.53. The minimum absolute atomic E-state index is 1.14. The van der Waals surface area contributed by atoms with Gasteiger partial charge < -0.3 is 0 Å². The van der Waals surface area contributed by atoms with Crippen LogP contribution in [-0.2, 0) is 0 Å². The van der Waals surface area contributed by atoms with Gasteiger partial charge in [0.25, 0.3) is 0 Å². The third kappa shape index (κ3) is 13.5. The first kappa shape index (κ1) is 15.5. The van der Waals surface area contributed by atoms with Gasteiger partial charge in [-0.05, 0) is 19.3 Å². The molecule has 0 heterocycles. The summed E-state index contributed by atoms with van der Waals surface area (Å²) in [7, 11) is 0. The van der Waals surface area contributed by atoms with Crippen molar-refractivity contribution in [2.45, 2.75) is 78.1 Å². The van der Waals surface area contributed by atoms with E-state index in [9.17, 15) is 0 Å². The van der Waals surface area contributed by atoms with Gasteiger partial charge in [0, 0.05) is 0 Å². The standard InChI is InChI=1S/C16H30/c1-3-5-7-9-11-13-15-16-14-12-10-8-6-4-2/h5,7,9,11H,3-4,6,8,10,12-16H2,1-2H3/b7-5+,11-9-. The summed E-state index contributed by atoms with van der Waals surface area (Å²) in [5.74, 6) is 0. The molecule has 16 heavy (non-hydrogen) atoms. The van der Waals surface area contributed by atoms with Gasteiger partial charge in [-0.3, -0.25) is 0 Å². The molecule has 0 aliphatic carbocycles. The van der Waals surface area contributed by atoms with Crippen molar-refractivity contribution in [3.05, 3.63) is 24.3 Å². The van der Waals surface area contributed by atoms with Gasteiger partial charge in [0.1, 0.15) is 0 Å². The minimum atomic E-state index is 1.14. The molecule has 0 rings (SSSR count). The van der Waals surface area contributed by atoms with Crippen molar-refractivity contribution < 1.29 is 0 Å². The highest BCUT2D eigenvalue weighted by Gasteiger charge is 1.89. The minimum Gasteiger partial charge on any atom is -0.0848 e. The fraction of sp³-hybridized carbons (Fsp3) is 0.750. The number of unbranched alkanes of at least 4 members (excludes halogenated alkanes) is 8. The molecule has 0 fully saturated rings. The first-order valence-corrected chi connectivity index (χ1v) is 7.23. The van der Waals surface area contributed by atoms with E-state index in [-0.39, 0.29) is 0 Å². The maximum atomic E-state index is 2.29. The normalized spacial score (nSPS) is 11.9. The highest BCUT2D eigenvalue weighted by molar-refractivity contribution is 5.01. The summed E-state index contributed by atoms with van der Waals surface area (Å²) in [6.45, 7) is 4.45. The molecular weight excluding hydrogens is 192 g/mol. The van der Waals surface area contributed by atoms with Gasteiger partial charge in [-0.1, -0.05) is 83.1 Å². The lowest BCUT2D eigenvalue weighted by Crippen LogP contribution is -1.79. The summed E-state index contributed by atoms with van der Waals surface area (Å²) >= 11 is 0. The molecule has 0 nitrogen and oxygen atoms in total. The molecule has 0 N–H and O–H groups in total. The second kappa shape index (κ2) is 14.5. The predicted octanol–water partition coefficient (Wildman–Crippen LogP) is 6.04. The van der Waals surface area contributed by atoms with E-state index in [1.54, 1.807) is 0 Å². The van der Waals surface area contributed by atoms with E-state index in [1.165, 1.54) is 57.8 Å². The van der Waals surface area contributed by atoms with E-state index in [0.29, 0.717) is 0 Å². The molecule has 0 aromatic rings. The molecule has 0 saturated heterocycles. The zero-order chi connectivity index (χ0) is 11.9. The van der Waals surface area contributed by atoms with E-state index in [4.69, 9.17) is 0 Å². The lowest BCUT2D eigenvalue weighted by Gasteiger charge is -1.99. The number of allylic oxidation sites excluding steroid dienone is 4. The van der Waals surface area contributed by atoms with Crippen molar-refractivity contribution >= 4 is 0 Å². The molecule has 0 amide bonds. The molecule has 0 atom stereocenters. The highest BCUT2D eigenvalue weighted by Crippen LogP contribution is 2.09. The van der Waals surface area contributed by atoms with Crippen LogP contribution in [-0.4, -0.2) is 0 Å². The SMILES string of the molecule is CC/C=C/C=C\CCCCCCCCCC. The Bertz CT molecular complexity index is 165. The van der Waals surface area contributed by atoms with E-state index < -0.39 is 0 Å². The quantitative estimate of drug-likeness (QED) is 0.295. The van der Waals surface area contributed by atoms with Crippen molar-refractivity contribution in [2.24, 2.45) is 0 Å². The molecule has 0 spiro atoms. The highest BCUT2D eigenvalue weighted by atomic mass is 14.0. The Morgan fingerprint density at radius 3 is 1.81 bits per heavy atom. The number of rotatable bonds is 11. The summed E-state index contributed by atoms with van der Waals surface area (Å²) in [5.41, 5.74) is 0. The summed E-state index contributed by atoms with van der Waals surface area (Å²) in [6, 6.07) is 0. The van der Waals surface area contributed by atoms with Gasteiger partial charge in [0.05, 0.1) is 0 Å². The van der Waals surface area contributed by atoms with Crippen molar-refractivity contribution in [3.8, 4) is 0 Å². The van der Waals surface area contributed by atoms with Crippen LogP contribution in [0.3, 0.4) is 0 Å². The van der Waals surface area contributed by atoms with Crippen molar-refractivity contribution in [1.29, 1.82) is 0 Å². The lowest BCUT2D eigenvalue weighted by molar-refractivity contribution is 0.577. The molecule has 0 aliphatic rings. The van der Waals surface area contributed by atoms with Crippen LogP contribution in [0.1, 0.15) is 78.1 Å². The van der Waals surface area contributed by atoms with Crippen LogP contribution < -0.4 is 0 Å². The fourth-order valence-corrected chi connectivity index (χ4v) is 1.79. The fourth-order valence-electron chi connectivity index (χ4n) is 1.79. The molecule has 0 aliphatic heterocycles. The molecule has 0 aromatic heterocycles. The van der Waals surface area contributed by atoms with E-state index in [2.05, 4.69) is 38.2 Å². The molecule has 94 valence electrons. The average molecular weight is 222 g/mol. The van der Waals surface area contributed by atoms with Crippen LogP contribution in [0.5, 0.6) is 0 Å². The zero-order valence-corrected chi connectivity index (χ0v) is 11.4. The zero-order valence-electron chi connectivity index (χ0n) is 11.4. The molecule has 0 saturated carbocycles. The van der Waals surface area contributed by atoms with Gasteiger partial charge >= 0.3 is 0 Å². The first-order chi connectivity index (χ1) is 7.91. The van der Waals surface area contributed by atoms with Crippen molar-refractivity contribution in [3.63, 3.8) is 0 Å². The lowest BCUT2D eigenvalue weighted by atomic mass is 10.1. The van der Waals surface area contributed by atoms with Gasteiger partial charge in [-0.25, -0.2) is 0 Å². The van der Waals surface area contributed by atoms with Crippen LogP contribution >= 0.6 is 0 Å². The second-order valence-electron chi connectivity index (χ2n) is 4.53. The Labute approximate surface area is 103 Å². The average Bonchev–Trinajstić information content (AvgIpc) is 2.31. The molecule has 0 heteroatoms. The van der Waals surface area contributed by atoms with E-state index >= 15 is 0 Å². The van der Waals surface area contributed by atoms with Gasteiger partial charge in [0.2, 0.25) is 0 Å². The Balaban J connectivity index is 3.03. The molecule has 0 unspecified atom stereocenters. The maximum Gasteiger partial charge on any atom is -0.0348 e. The monoisotopic (exact) mass is 222 g/mol. The Morgan fingerprint density at radius 2 is 1.19 bits per heavy atom. The largest absolute Gasteiger partial charge is 0.0848 e. The van der Waals surface area contributed by atoms with Gasteiger partial charge in [-0.15, -0.1) is 0 Å². The van der Waals surface area contributed by atoms with Crippen LogP contribution in [0, 0.1) is 0 Å². The topological polar surface area (TPSA) is 0 Å². The summed E-state index contributed by atoms with van der Waals surface area (Å²) in [6.07, 6.45) is 22.6. The maximum absolute atomic E-state index is 2.29. The van der Waals surface area contributed by atoms with Gasteiger partial charge in [0.15, 0.2) is 0 Å². The van der Waals surface area contributed by atoms with E-state index in [0.717, 1.165) is 6.42 Å². The third-order valence-corrected chi connectivity index (χ3v) is 2.84. The number of hydrogen-bond acceptors (Lipinski definition) is 0. The van der Waals surface area contributed by atoms with Crippen molar-refractivity contribution in [1.82, 2.24) is 0 Å². The van der Waals surface area contributed by atoms with Crippen LogP contribution in [0.4, 0.5) is 0 Å². The summed E-state index contributed by atoms with van der Waals surface area (Å²) < 4.78 is 0. The summed E-state index contributed by atoms with van der Waals surface area (Å²) in [4.78, 5) is 0. The van der Waals surface area contributed by atoms with E-state index in [1.807, 2.05) is 0 Å². The summed E-state index contributed by atoms with van der Waals surface area (Å²) in [5, 5.41) is 0. The van der Waals surface area contributed by atoms with Crippen LogP contribution in [0.2, 0.25) is 0 Å². The molecular formula is C16H30.